The van der Waals surface area contributed by atoms with Crippen LogP contribution in [0, 0.1) is 11.7 Å². The lowest BCUT2D eigenvalue weighted by atomic mass is 9.93. The van der Waals surface area contributed by atoms with Crippen molar-refractivity contribution in [3.05, 3.63) is 89.7 Å². The summed E-state index contributed by atoms with van der Waals surface area (Å²) in [6.07, 6.45) is 2.67. The van der Waals surface area contributed by atoms with Gasteiger partial charge in [-0.3, -0.25) is 9.59 Å². The van der Waals surface area contributed by atoms with Crippen molar-refractivity contribution < 1.29 is 14.0 Å². The van der Waals surface area contributed by atoms with E-state index in [9.17, 15) is 14.0 Å². The minimum Gasteiger partial charge on any atom is -0.354 e. The largest absolute Gasteiger partial charge is 0.354 e. The Kier molecular flexibility index (Phi) is 7.06. The van der Waals surface area contributed by atoms with E-state index >= 15 is 0 Å². The molecule has 7 heteroatoms. The molecule has 0 radical (unpaired) electrons. The molecule has 2 aliphatic rings. The number of rotatable bonds is 6. The predicted octanol–water partition coefficient (Wildman–Crippen LogP) is 5.45. The number of carbonyl (C=O) groups excluding carboxylic acids is 2. The van der Waals surface area contributed by atoms with Gasteiger partial charge < -0.3 is 20.4 Å². The number of piperidine rings is 1. The Morgan fingerprint density at radius 1 is 1.05 bits per heavy atom. The fourth-order valence-corrected chi connectivity index (χ4v) is 4.98. The van der Waals surface area contributed by atoms with Gasteiger partial charge in [0.2, 0.25) is 5.91 Å². The van der Waals surface area contributed by atoms with Crippen LogP contribution in [0.1, 0.15) is 30.4 Å². The summed E-state index contributed by atoms with van der Waals surface area (Å²) in [4.78, 5) is 29.9. The molecule has 37 heavy (non-hydrogen) atoms. The summed E-state index contributed by atoms with van der Waals surface area (Å²) in [5, 5.41) is 6.18. The van der Waals surface area contributed by atoms with Gasteiger partial charge in [-0.15, -0.1) is 0 Å². The van der Waals surface area contributed by atoms with E-state index in [0.29, 0.717) is 34.9 Å². The van der Waals surface area contributed by atoms with Gasteiger partial charge in [0.25, 0.3) is 5.91 Å². The second kappa shape index (κ2) is 10.6. The first-order chi connectivity index (χ1) is 17.9. The van der Waals surface area contributed by atoms with Gasteiger partial charge in [-0.2, -0.15) is 0 Å². The Morgan fingerprint density at radius 2 is 1.76 bits per heavy atom. The maximum atomic E-state index is 13.8. The highest BCUT2D eigenvalue weighted by molar-refractivity contribution is 6.37. The van der Waals surface area contributed by atoms with Crippen LogP contribution in [0.4, 0.5) is 21.5 Å². The van der Waals surface area contributed by atoms with E-state index in [0.717, 1.165) is 42.9 Å². The van der Waals surface area contributed by atoms with Crippen molar-refractivity contribution in [1.29, 1.82) is 0 Å². The Balaban J connectivity index is 1.38. The molecule has 0 bridgehead atoms. The Hall–Kier alpha value is -3.97. The standard InChI is InChI=1S/C30H31FN4O2/c1-34-16-14-20(15-17-34)18-27(36)35(2)24-11-9-23(10-12-24)32-29(21-6-4-3-5-7-21)28-25-13-8-22(31)19-26(25)33-30(28)37/h3-13,19-20,32H,14-18H2,1-2H3,(H,33,37). The van der Waals surface area contributed by atoms with Gasteiger partial charge in [0.1, 0.15) is 5.82 Å². The molecule has 1 fully saturated rings. The SMILES string of the molecule is CN1CCC(CC(=O)N(C)c2ccc(NC(=C3C(=O)Nc4cc(F)ccc43)c3ccccc3)cc2)CC1. The molecule has 2 heterocycles. The number of likely N-dealkylation sites (tertiary alicyclic amines) is 1. The van der Waals surface area contributed by atoms with Crippen LogP contribution in [0.15, 0.2) is 72.8 Å². The van der Waals surface area contributed by atoms with Crippen LogP contribution in [0.25, 0.3) is 11.3 Å². The highest BCUT2D eigenvalue weighted by atomic mass is 19.1. The fraction of sp³-hybridized carbons (Fsp3) is 0.267. The van der Waals surface area contributed by atoms with E-state index < -0.39 is 5.82 Å². The van der Waals surface area contributed by atoms with E-state index in [-0.39, 0.29) is 11.8 Å². The molecule has 2 amide bonds. The third-order valence-electron chi connectivity index (χ3n) is 7.24. The lowest BCUT2D eigenvalue weighted by Gasteiger charge is -2.29. The van der Waals surface area contributed by atoms with Crippen molar-refractivity contribution in [2.75, 3.05) is 42.7 Å². The number of fused-ring (bicyclic) bond motifs is 1. The van der Waals surface area contributed by atoms with E-state index in [1.807, 2.05) is 61.6 Å². The number of nitrogens with one attached hydrogen (secondary N) is 2. The van der Waals surface area contributed by atoms with Crippen LogP contribution in [0.3, 0.4) is 0 Å². The molecular weight excluding hydrogens is 467 g/mol. The van der Waals surface area contributed by atoms with Gasteiger partial charge in [0.15, 0.2) is 0 Å². The zero-order valence-corrected chi connectivity index (χ0v) is 21.1. The van der Waals surface area contributed by atoms with Crippen molar-refractivity contribution in [3.8, 4) is 0 Å². The zero-order valence-electron chi connectivity index (χ0n) is 21.1. The van der Waals surface area contributed by atoms with Crippen molar-refractivity contribution in [2.45, 2.75) is 19.3 Å². The second-order valence-corrected chi connectivity index (χ2v) is 9.84. The molecule has 3 aromatic carbocycles. The second-order valence-electron chi connectivity index (χ2n) is 9.84. The molecule has 6 nitrogen and oxygen atoms in total. The third kappa shape index (κ3) is 5.42. The Labute approximate surface area is 216 Å². The average Bonchev–Trinajstić information content (AvgIpc) is 3.23. The molecular formula is C30H31FN4O2. The monoisotopic (exact) mass is 498 g/mol. The summed E-state index contributed by atoms with van der Waals surface area (Å²) < 4.78 is 13.8. The average molecular weight is 499 g/mol. The number of carbonyl (C=O) groups is 2. The molecule has 0 spiro atoms. The van der Waals surface area contributed by atoms with Gasteiger partial charge >= 0.3 is 0 Å². The molecule has 1 saturated heterocycles. The number of nitrogens with zero attached hydrogens (tertiary/aromatic N) is 2. The lowest BCUT2D eigenvalue weighted by Crippen LogP contribution is -2.34. The minimum atomic E-state index is -0.403. The molecule has 0 saturated carbocycles. The normalized spacial score (nSPS) is 17.2. The van der Waals surface area contributed by atoms with E-state index in [2.05, 4.69) is 22.6 Å². The molecule has 2 aliphatic heterocycles. The highest BCUT2D eigenvalue weighted by Crippen LogP contribution is 2.38. The summed E-state index contributed by atoms with van der Waals surface area (Å²) in [5.41, 5.74) is 4.60. The van der Waals surface area contributed by atoms with E-state index in [1.54, 1.807) is 11.0 Å². The first kappa shape index (κ1) is 24.7. The molecule has 3 aromatic rings. The van der Waals surface area contributed by atoms with Crippen LogP contribution in [0.2, 0.25) is 0 Å². The van der Waals surface area contributed by atoms with Crippen LogP contribution in [0.5, 0.6) is 0 Å². The molecule has 2 N–H and O–H groups in total. The molecule has 0 aliphatic carbocycles. The lowest BCUT2D eigenvalue weighted by molar-refractivity contribution is -0.119. The highest BCUT2D eigenvalue weighted by Gasteiger charge is 2.29. The van der Waals surface area contributed by atoms with Gasteiger partial charge in [-0.05, 0) is 86.9 Å². The number of amides is 2. The summed E-state index contributed by atoms with van der Waals surface area (Å²) in [6, 6.07) is 21.5. The summed E-state index contributed by atoms with van der Waals surface area (Å²) in [5.74, 6) is -0.141. The van der Waals surface area contributed by atoms with Gasteiger partial charge in [-0.25, -0.2) is 4.39 Å². The number of benzene rings is 3. The third-order valence-corrected chi connectivity index (χ3v) is 7.24. The molecule has 0 unspecified atom stereocenters. The smallest absolute Gasteiger partial charge is 0.258 e. The summed E-state index contributed by atoms with van der Waals surface area (Å²) in [7, 11) is 3.94. The minimum absolute atomic E-state index is 0.119. The molecule has 0 atom stereocenters. The van der Waals surface area contributed by atoms with Crippen molar-refractivity contribution in [1.82, 2.24) is 4.90 Å². The summed E-state index contributed by atoms with van der Waals surface area (Å²) >= 11 is 0. The van der Waals surface area contributed by atoms with Crippen LogP contribution >= 0.6 is 0 Å². The van der Waals surface area contributed by atoms with E-state index in [4.69, 9.17) is 0 Å². The number of anilines is 3. The van der Waals surface area contributed by atoms with Crippen molar-refractivity contribution in [2.24, 2.45) is 5.92 Å². The summed E-state index contributed by atoms with van der Waals surface area (Å²) in [6.45, 7) is 2.08. The maximum Gasteiger partial charge on any atom is 0.258 e. The van der Waals surface area contributed by atoms with Crippen molar-refractivity contribution >= 4 is 40.1 Å². The van der Waals surface area contributed by atoms with Crippen LogP contribution < -0.4 is 15.5 Å². The van der Waals surface area contributed by atoms with Crippen LogP contribution in [-0.4, -0.2) is 43.9 Å². The predicted molar refractivity (Wildman–Crippen MR) is 147 cm³/mol. The van der Waals surface area contributed by atoms with Gasteiger partial charge in [0, 0.05) is 30.4 Å². The van der Waals surface area contributed by atoms with E-state index in [1.165, 1.54) is 12.1 Å². The number of hydrogen-bond acceptors (Lipinski definition) is 4. The molecule has 5 rings (SSSR count). The van der Waals surface area contributed by atoms with Gasteiger partial charge in [-0.1, -0.05) is 30.3 Å². The number of halogens is 1. The maximum absolute atomic E-state index is 13.8. The van der Waals surface area contributed by atoms with Gasteiger partial charge in [0.05, 0.1) is 17.0 Å². The topological polar surface area (TPSA) is 64.7 Å². The number of hydrogen-bond donors (Lipinski definition) is 2. The molecule has 190 valence electrons. The Morgan fingerprint density at radius 3 is 2.46 bits per heavy atom. The Bertz CT molecular complexity index is 1330. The quantitative estimate of drug-likeness (QED) is 0.444. The van der Waals surface area contributed by atoms with Crippen LogP contribution in [-0.2, 0) is 9.59 Å². The first-order valence-corrected chi connectivity index (χ1v) is 12.6. The fourth-order valence-electron chi connectivity index (χ4n) is 4.98. The molecule has 0 aromatic heterocycles. The zero-order chi connectivity index (χ0) is 25.9. The van der Waals surface area contributed by atoms with Crippen molar-refractivity contribution in [3.63, 3.8) is 0 Å². The first-order valence-electron chi connectivity index (χ1n) is 12.6.